The van der Waals surface area contributed by atoms with E-state index >= 15 is 0 Å². The Morgan fingerprint density at radius 2 is 1.82 bits per heavy atom. The molecule has 0 atom stereocenters. The molecule has 2 aliphatic heterocycles. The number of nitrogens with two attached hydrogens (primary N) is 1. The molecule has 2 fully saturated rings. The van der Waals surface area contributed by atoms with Gasteiger partial charge >= 0.3 is 0 Å². The number of nitrogens with zero attached hydrogens (tertiary/aromatic N) is 2. The number of ether oxygens (including phenoxy) is 1. The van der Waals surface area contributed by atoms with Crippen LogP contribution in [-0.2, 0) is 11.3 Å². The summed E-state index contributed by atoms with van der Waals surface area (Å²) < 4.78 is 5.30. The average Bonchev–Trinajstić information content (AvgIpc) is 2.79. The van der Waals surface area contributed by atoms with Crippen LogP contribution >= 0.6 is 0 Å². The highest BCUT2D eigenvalue weighted by atomic mass is 16.5. The highest BCUT2D eigenvalue weighted by Crippen LogP contribution is 2.33. The molecule has 2 saturated heterocycles. The molecule has 1 aromatic heterocycles. The van der Waals surface area contributed by atoms with Gasteiger partial charge in [0, 0.05) is 59.2 Å². The van der Waals surface area contributed by atoms with Gasteiger partial charge in [-0.25, -0.2) is 0 Å². The quantitative estimate of drug-likeness (QED) is 0.386. The van der Waals surface area contributed by atoms with E-state index in [1.54, 1.807) is 24.4 Å². The van der Waals surface area contributed by atoms with Crippen molar-refractivity contribution in [1.82, 2.24) is 10.3 Å². The van der Waals surface area contributed by atoms with Crippen LogP contribution in [0.5, 0.6) is 0 Å². The number of hydrogen-bond acceptors (Lipinski definition) is 6. The van der Waals surface area contributed by atoms with E-state index in [4.69, 9.17) is 15.9 Å². The van der Waals surface area contributed by atoms with Crippen molar-refractivity contribution < 1.29 is 9.53 Å². The fourth-order valence-corrected chi connectivity index (χ4v) is 4.23. The molecule has 4 N–H and O–H groups in total. The molecule has 2 aromatic carbocycles. The van der Waals surface area contributed by atoms with Crippen LogP contribution in [0.2, 0.25) is 0 Å². The minimum atomic E-state index is -0.228. The van der Waals surface area contributed by atoms with E-state index in [0.29, 0.717) is 35.0 Å². The Balaban J connectivity index is 1.24. The number of hydrogen-bond donors (Lipinski definition) is 3. The SMILES string of the molecule is N=C(c1ccc(N2CC(C3COC3)C2)cc1)c1cc(C(=O)NCc2ccccn2)ccc1N. The van der Waals surface area contributed by atoms with Crippen molar-refractivity contribution in [3.05, 3.63) is 89.2 Å². The van der Waals surface area contributed by atoms with Crippen molar-refractivity contribution in [2.24, 2.45) is 11.8 Å². The van der Waals surface area contributed by atoms with Gasteiger partial charge in [-0.3, -0.25) is 15.2 Å². The van der Waals surface area contributed by atoms with Crippen molar-refractivity contribution in [3.63, 3.8) is 0 Å². The van der Waals surface area contributed by atoms with Gasteiger partial charge in [-0.05, 0) is 42.5 Å². The van der Waals surface area contributed by atoms with Crippen molar-refractivity contribution in [2.75, 3.05) is 36.9 Å². The van der Waals surface area contributed by atoms with Crippen LogP contribution in [0, 0.1) is 17.2 Å². The smallest absolute Gasteiger partial charge is 0.251 e. The molecule has 168 valence electrons. The average molecular weight is 442 g/mol. The fourth-order valence-electron chi connectivity index (χ4n) is 4.23. The minimum Gasteiger partial charge on any atom is -0.398 e. The van der Waals surface area contributed by atoms with Gasteiger partial charge in [0.25, 0.3) is 5.91 Å². The lowest BCUT2D eigenvalue weighted by Gasteiger charge is -2.47. The van der Waals surface area contributed by atoms with E-state index < -0.39 is 0 Å². The summed E-state index contributed by atoms with van der Waals surface area (Å²) in [7, 11) is 0. The molecular formula is C26H27N5O2. The maximum absolute atomic E-state index is 12.6. The summed E-state index contributed by atoms with van der Waals surface area (Å²) in [5, 5.41) is 11.6. The van der Waals surface area contributed by atoms with Gasteiger partial charge in [-0.1, -0.05) is 18.2 Å². The van der Waals surface area contributed by atoms with Crippen LogP contribution in [-0.4, -0.2) is 42.9 Å². The molecular weight excluding hydrogens is 414 g/mol. The Bertz CT molecular complexity index is 1150. The first-order valence-corrected chi connectivity index (χ1v) is 11.2. The van der Waals surface area contributed by atoms with Crippen LogP contribution in [0.4, 0.5) is 11.4 Å². The maximum atomic E-state index is 12.6. The predicted molar refractivity (Wildman–Crippen MR) is 129 cm³/mol. The first-order chi connectivity index (χ1) is 16.1. The summed E-state index contributed by atoms with van der Waals surface area (Å²) in [4.78, 5) is 19.2. The van der Waals surface area contributed by atoms with Gasteiger partial charge in [-0.2, -0.15) is 0 Å². The van der Waals surface area contributed by atoms with Crippen LogP contribution in [0.3, 0.4) is 0 Å². The van der Waals surface area contributed by atoms with Gasteiger partial charge in [0.1, 0.15) is 0 Å². The summed E-state index contributed by atoms with van der Waals surface area (Å²) in [6, 6.07) is 18.6. The van der Waals surface area contributed by atoms with Crippen LogP contribution in [0.25, 0.3) is 0 Å². The van der Waals surface area contributed by atoms with Crippen LogP contribution < -0.4 is 16.0 Å². The monoisotopic (exact) mass is 441 g/mol. The number of rotatable bonds is 7. The lowest BCUT2D eigenvalue weighted by molar-refractivity contribution is -0.0659. The topological polar surface area (TPSA) is 104 Å². The molecule has 0 saturated carbocycles. The van der Waals surface area contributed by atoms with E-state index in [-0.39, 0.29) is 5.91 Å². The number of aromatic nitrogens is 1. The Labute approximate surface area is 193 Å². The lowest BCUT2D eigenvalue weighted by Crippen LogP contribution is -2.54. The van der Waals surface area contributed by atoms with E-state index in [2.05, 4.69) is 27.3 Å². The number of pyridine rings is 1. The predicted octanol–water partition coefficient (Wildman–Crippen LogP) is 3.09. The van der Waals surface area contributed by atoms with Crippen molar-refractivity contribution in [3.8, 4) is 0 Å². The van der Waals surface area contributed by atoms with E-state index in [1.807, 2.05) is 30.3 Å². The zero-order valence-electron chi connectivity index (χ0n) is 18.3. The minimum absolute atomic E-state index is 0.228. The third kappa shape index (κ3) is 4.45. The summed E-state index contributed by atoms with van der Waals surface area (Å²) in [6.07, 6.45) is 1.69. The van der Waals surface area contributed by atoms with Gasteiger partial charge in [0.05, 0.1) is 31.2 Å². The van der Waals surface area contributed by atoms with Crippen molar-refractivity contribution >= 4 is 23.0 Å². The fraction of sp³-hybridized carbons (Fsp3) is 0.269. The number of nitrogen functional groups attached to an aromatic ring is 1. The van der Waals surface area contributed by atoms with Crippen LogP contribution in [0.1, 0.15) is 27.2 Å². The molecule has 3 aromatic rings. The molecule has 0 spiro atoms. The number of amides is 1. The Morgan fingerprint density at radius 3 is 2.48 bits per heavy atom. The lowest BCUT2D eigenvalue weighted by atomic mass is 9.84. The standard InChI is InChI=1S/C26H27N5O2/c27-24-9-6-18(26(32)30-12-21-3-1-2-10-29-21)11-23(24)25(28)17-4-7-22(8-5-17)31-13-19(14-31)20-15-33-16-20/h1-11,19-20,28H,12-16,27H2,(H,30,32). The first-order valence-electron chi connectivity index (χ1n) is 11.2. The third-order valence-corrected chi connectivity index (χ3v) is 6.50. The van der Waals surface area contributed by atoms with Crippen LogP contribution in [0.15, 0.2) is 66.9 Å². The molecule has 7 nitrogen and oxygen atoms in total. The molecule has 3 heterocycles. The summed E-state index contributed by atoms with van der Waals surface area (Å²) in [6.45, 7) is 4.26. The van der Waals surface area contributed by atoms with Gasteiger partial charge in [0.15, 0.2) is 0 Å². The molecule has 0 unspecified atom stereocenters. The summed E-state index contributed by atoms with van der Waals surface area (Å²) in [5.41, 5.74) is 10.6. The molecule has 0 aliphatic carbocycles. The number of carbonyl (C=O) groups excluding carboxylic acids is 1. The number of carbonyl (C=O) groups is 1. The molecule has 1 amide bonds. The van der Waals surface area contributed by atoms with E-state index in [0.717, 1.165) is 43.5 Å². The summed E-state index contributed by atoms with van der Waals surface area (Å²) >= 11 is 0. The molecule has 2 aliphatic rings. The van der Waals surface area contributed by atoms with E-state index in [9.17, 15) is 4.79 Å². The molecule has 0 radical (unpaired) electrons. The van der Waals surface area contributed by atoms with E-state index in [1.165, 1.54) is 5.69 Å². The molecule has 5 rings (SSSR count). The first kappa shape index (κ1) is 21.2. The highest BCUT2D eigenvalue weighted by molar-refractivity contribution is 6.15. The normalized spacial score (nSPS) is 16.1. The zero-order valence-corrected chi connectivity index (χ0v) is 18.3. The molecule has 33 heavy (non-hydrogen) atoms. The van der Waals surface area contributed by atoms with Crippen molar-refractivity contribution in [2.45, 2.75) is 6.54 Å². The molecule has 0 bridgehead atoms. The number of nitrogens with one attached hydrogen (secondary N) is 2. The second-order valence-corrected chi connectivity index (χ2v) is 8.69. The van der Waals surface area contributed by atoms with Gasteiger partial charge in [-0.15, -0.1) is 0 Å². The third-order valence-electron chi connectivity index (χ3n) is 6.50. The maximum Gasteiger partial charge on any atom is 0.251 e. The number of anilines is 2. The Kier molecular flexibility index (Phi) is 5.79. The second kappa shape index (κ2) is 9.03. The largest absolute Gasteiger partial charge is 0.398 e. The Morgan fingerprint density at radius 1 is 1.06 bits per heavy atom. The zero-order chi connectivity index (χ0) is 22.8. The second-order valence-electron chi connectivity index (χ2n) is 8.69. The summed E-state index contributed by atoms with van der Waals surface area (Å²) in [5.74, 6) is 1.21. The highest BCUT2D eigenvalue weighted by Gasteiger charge is 2.37. The number of benzene rings is 2. The Hall–Kier alpha value is -3.71. The van der Waals surface area contributed by atoms with Gasteiger partial charge < -0.3 is 20.7 Å². The van der Waals surface area contributed by atoms with Crippen molar-refractivity contribution in [1.29, 1.82) is 5.41 Å². The molecule has 7 heteroatoms. The van der Waals surface area contributed by atoms with Gasteiger partial charge in [0.2, 0.25) is 0 Å².